The molecule has 0 aromatic carbocycles. The Bertz CT molecular complexity index is 557. The van der Waals surface area contributed by atoms with E-state index in [9.17, 15) is 4.79 Å². The van der Waals surface area contributed by atoms with Gasteiger partial charge in [0.05, 0.1) is 22.7 Å². The van der Waals surface area contributed by atoms with E-state index in [4.69, 9.17) is 5.21 Å². The summed E-state index contributed by atoms with van der Waals surface area (Å²) in [7, 11) is 0. The summed E-state index contributed by atoms with van der Waals surface area (Å²) in [5.41, 5.74) is 2.92. The molecule has 1 N–H and O–H groups in total. The van der Waals surface area contributed by atoms with Crippen LogP contribution in [0.4, 0.5) is 0 Å². The Hall–Kier alpha value is -1.98. The second-order valence-electron chi connectivity index (χ2n) is 5.40. The molecule has 1 aromatic rings. The molecule has 1 atom stereocenters. The molecule has 0 radical (unpaired) electrons. The van der Waals surface area contributed by atoms with Gasteiger partial charge in [0.25, 0.3) is 5.91 Å². The van der Waals surface area contributed by atoms with Gasteiger partial charge in [-0.2, -0.15) is 10.2 Å². The van der Waals surface area contributed by atoms with Crippen LogP contribution in [0.15, 0.2) is 11.2 Å². The standard InChI is InChI=1S/C15H22N4O2/c1-4-11-9-19(7-6-14(11)18-21)15(20)12-8-10(3)16-17-13(12)5-2/h8,11,21H,4-7,9H2,1-3H3/b18-14+. The molecule has 1 fully saturated rings. The lowest BCUT2D eigenvalue weighted by Crippen LogP contribution is -2.44. The fraction of sp³-hybridized carbons (Fsp3) is 0.600. The van der Waals surface area contributed by atoms with Crippen molar-refractivity contribution in [2.24, 2.45) is 11.1 Å². The van der Waals surface area contributed by atoms with Crippen LogP contribution in [0.25, 0.3) is 0 Å². The Morgan fingerprint density at radius 1 is 1.48 bits per heavy atom. The maximum Gasteiger partial charge on any atom is 0.255 e. The summed E-state index contributed by atoms with van der Waals surface area (Å²) in [6.45, 7) is 7.03. The van der Waals surface area contributed by atoms with Crippen LogP contribution >= 0.6 is 0 Å². The Balaban J connectivity index is 2.23. The molecule has 0 aliphatic carbocycles. The lowest BCUT2D eigenvalue weighted by molar-refractivity contribution is 0.0727. The summed E-state index contributed by atoms with van der Waals surface area (Å²) in [6, 6.07) is 1.81. The predicted molar refractivity (Wildman–Crippen MR) is 79.7 cm³/mol. The Kier molecular flexibility index (Phi) is 4.88. The third kappa shape index (κ3) is 3.20. The first kappa shape index (κ1) is 15.4. The average Bonchev–Trinajstić information content (AvgIpc) is 2.53. The second kappa shape index (κ2) is 6.65. The van der Waals surface area contributed by atoms with E-state index in [0.717, 1.165) is 23.5 Å². The molecular formula is C15H22N4O2. The molecule has 2 rings (SSSR count). The monoisotopic (exact) mass is 290 g/mol. The molecule has 6 nitrogen and oxygen atoms in total. The highest BCUT2D eigenvalue weighted by atomic mass is 16.4. The van der Waals surface area contributed by atoms with E-state index in [-0.39, 0.29) is 11.8 Å². The Labute approximate surface area is 124 Å². The summed E-state index contributed by atoms with van der Waals surface area (Å²) in [4.78, 5) is 14.6. The number of oxime groups is 1. The first-order valence-electron chi connectivity index (χ1n) is 7.43. The van der Waals surface area contributed by atoms with Crippen molar-refractivity contribution < 1.29 is 10.0 Å². The van der Waals surface area contributed by atoms with E-state index in [1.54, 1.807) is 0 Å². The van der Waals surface area contributed by atoms with Crippen molar-refractivity contribution in [1.29, 1.82) is 0 Å². The molecule has 1 aliphatic rings. The number of rotatable bonds is 3. The lowest BCUT2D eigenvalue weighted by Gasteiger charge is -2.33. The minimum atomic E-state index is 0.000268. The first-order chi connectivity index (χ1) is 10.1. The van der Waals surface area contributed by atoms with Crippen LogP contribution in [0.5, 0.6) is 0 Å². The Morgan fingerprint density at radius 3 is 2.86 bits per heavy atom. The molecule has 0 saturated carbocycles. The number of nitrogens with zero attached hydrogens (tertiary/aromatic N) is 4. The van der Waals surface area contributed by atoms with Gasteiger partial charge in [-0.1, -0.05) is 19.0 Å². The highest BCUT2D eigenvalue weighted by molar-refractivity contribution is 5.97. The summed E-state index contributed by atoms with van der Waals surface area (Å²) in [5.74, 6) is 0.133. The van der Waals surface area contributed by atoms with Crippen molar-refractivity contribution in [2.75, 3.05) is 13.1 Å². The highest BCUT2D eigenvalue weighted by Gasteiger charge is 2.29. The number of piperidine rings is 1. The molecule has 114 valence electrons. The molecule has 1 aromatic heterocycles. The minimum absolute atomic E-state index is 0.000268. The largest absolute Gasteiger partial charge is 0.411 e. The maximum absolute atomic E-state index is 12.7. The number of carbonyl (C=O) groups excluding carboxylic acids is 1. The number of aromatic nitrogens is 2. The highest BCUT2D eigenvalue weighted by Crippen LogP contribution is 2.20. The van der Waals surface area contributed by atoms with Crippen LogP contribution in [0.2, 0.25) is 0 Å². The van der Waals surface area contributed by atoms with Crippen molar-refractivity contribution in [2.45, 2.75) is 40.0 Å². The van der Waals surface area contributed by atoms with Crippen LogP contribution in [-0.4, -0.2) is 45.0 Å². The van der Waals surface area contributed by atoms with Crippen molar-refractivity contribution in [3.8, 4) is 0 Å². The van der Waals surface area contributed by atoms with Crippen LogP contribution < -0.4 is 0 Å². The molecular weight excluding hydrogens is 268 g/mol. The summed E-state index contributed by atoms with van der Waals surface area (Å²) in [6.07, 6.45) is 2.17. The van der Waals surface area contributed by atoms with Gasteiger partial charge in [0.1, 0.15) is 0 Å². The van der Waals surface area contributed by atoms with Crippen LogP contribution in [0, 0.1) is 12.8 Å². The molecule has 21 heavy (non-hydrogen) atoms. The molecule has 1 unspecified atom stereocenters. The van der Waals surface area contributed by atoms with E-state index < -0.39 is 0 Å². The van der Waals surface area contributed by atoms with Crippen molar-refractivity contribution in [3.05, 3.63) is 23.0 Å². The Morgan fingerprint density at radius 2 is 2.24 bits per heavy atom. The zero-order chi connectivity index (χ0) is 15.4. The molecule has 1 saturated heterocycles. The number of amides is 1. The quantitative estimate of drug-likeness (QED) is 0.682. The molecule has 2 heterocycles. The molecule has 0 spiro atoms. The van der Waals surface area contributed by atoms with Gasteiger partial charge >= 0.3 is 0 Å². The number of hydrogen-bond acceptors (Lipinski definition) is 5. The van der Waals surface area contributed by atoms with Gasteiger partial charge in [0.2, 0.25) is 0 Å². The van der Waals surface area contributed by atoms with E-state index in [1.165, 1.54) is 0 Å². The van der Waals surface area contributed by atoms with Crippen LogP contribution in [-0.2, 0) is 6.42 Å². The summed E-state index contributed by atoms with van der Waals surface area (Å²) < 4.78 is 0. The minimum Gasteiger partial charge on any atom is -0.411 e. The predicted octanol–water partition coefficient (Wildman–Crippen LogP) is 2.05. The van der Waals surface area contributed by atoms with Gasteiger partial charge in [0.15, 0.2) is 0 Å². The lowest BCUT2D eigenvalue weighted by atomic mass is 9.92. The zero-order valence-electron chi connectivity index (χ0n) is 12.8. The normalized spacial score (nSPS) is 20.8. The average molecular weight is 290 g/mol. The van der Waals surface area contributed by atoms with E-state index in [1.807, 2.05) is 31.7 Å². The molecule has 6 heteroatoms. The van der Waals surface area contributed by atoms with Gasteiger partial charge < -0.3 is 10.1 Å². The van der Waals surface area contributed by atoms with Gasteiger partial charge in [-0.15, -0.1) is 0 Å². The van der Waals surface area contributed by atoms with Crippen LogP contribution in [0.3, 0.4) is 0 Å². The zero-order valence-corrected chi connectivity index (χ0v) is 12.8. The number of hydrogen-bond donors (Lipinski definition) is 1. The summed E-state index contributed by atoms with van der Waals surface area (Å²) >= 11 is 0. The second-order valence-corrected chi connectivity index (χ2v) is 5.40. The van der Waals surface area contributed by atoms with Gasteiger partial charge in [-0.25, -0.2) is 0 Å². The third-order valence-corrected chi connectivity index (χ3v) is 4.02. The van der Waals surface area contributed by atoms with Gasteiger partial charge in [-0.05, 0) is 25.8 Å². The molecule has 0 bridgehead atoms. The topological polar surface area (TPSA) is 78.7 Å². The number of aryl methyl sites for hydroxylation is 2. The smallest absolute Gasteiger partial charge is 0.255 e. The van der Waals surface area contributed by atoms with Crippen molar-refractivity contribution in [3.63, 3.8) is 0 Å². The van der Waals surface area contributed by atoms with E-state index in [0.29, 0.717) is 31.5 Å². The maximum atomic E-state index is 12.7. The third-order valence-electron chi connectivity index (χ3n) is 4.02. The fourth-order valence-corrected chi connectivity index (χ4v) is 2.73. The van der Waals surface area contributed by atoms with Gasteiger partial charge in [0, 0.05) is 25.4 Å². The first-order valence-corrected chi connectivity index (χ1v) is 7.43. The van der Waals surface area contributed by atoms with Crippen molar-refractivity contribution in [1.82, 2.24) is 15.1 Å². The molecule has 1 amide bonds. The van der Waals surface area contributed by atoms with E-state index in [2.05, 4.69) is 15.4 Å². The number of likely N-dealkylation sites (tertiary alicyclic amines) is 1. The molecule has 1 aliphatic heterocycles. The fourth-order valence-electron chi connectivity index (χ4n) is 2.73. The SMILES string of the molecule is CCc1nnc(C)cc1C(=O)N1CC/C(=N\O)C(CC)C1. The summed E-state index contributed by atoms with van der Waals surface area (Å²) in [5, 5.41) is 20.5. The van der Waals surface area contributed by atoms with Crippen LogP contribution in [0.1, 0.15) is 48.4 Å². The van der Waals surface area contributed by atoms with E-state index >= 15 is 0 Å². The van der Waals surface area contributed by atoms with Crippen molar-refractivity contribution >= 4 is 11.6 Å². The number of carbonyl (C=O) groups is 1. The van der Waals surface area contributed by atoms with Gasteiger partial charge in [-0.3, -0.25) is 4.79 Å².